The molecule has 2 aromatic carbocycles. The molecule has 0 fully saturated rings. The van der Waals surface area contributed by atoms with Gasteiger partial charge in [0.25, 0.3) is 0 Å². The molecule has 6 nitrogen and oxygen atoms in total. The summed E-state index contributed by atoms with van der Waals surface area (Å²) in [5, 5.41) is 9.12. The molecule has 0 amide bonds. The highest BCUT2D eigenvalue weighted by Gasteiger charge is 2.26. The van der Waals surface area contributed by atoms with Crippen LogP contribution < -0.4 is 0 Å². The second-order valence-electron chi connectivity index (χ2n) is 6.65. The van der Waals surface area contributed by atoms with Crippen LogP contribution in [0.5, 0.6) is 0 Å². The van der Waals surface area contributed by atoms with Gasteiger partial charge in [0.05, 0.1) is 10.5 Å². The fourth-order valence-electron chi connectivity index (χ4n) is 3.27. The fourth-order valence-corrected chi connectivity index (χ4v) is 4.46. The number of aromatic carboxylic acids is 1. The number of hydrogen-bond acceptors (Lipinski definition) is 4. The SMILES string of the molecule is CN(C)S(=O)(=O)c1cccc2c1CCN(Cc1cccc(C(=O)O)c1)C2. The Morgan fingerprint density at radius 2 is 1.92 bits per heavy atom. The second kappa shape index (κ2) is 7.19. The smallest absolute Gasteiger partial charge is 0.335 e. The van der Waals surface area contributed by atoms with Gasteiger partial charge in [-0.25, -0.2) is 17.5 Å². The molecule has 0 atom stereocenters. The van der Waals surface area contributed by atoms with E-state index >= 15 is 0 Å². The van der Waals surface area contributed by atoms with Crippen molar-refractivity contribution in [3.8, 4) is 0 Å². The lowest BCUT2D eigenvalue weighted by molar-refractivity contribution is 0.0696. The van der Waals surface area contributed by atoms with Gasteiger partial charge in [0, 0.05) is 33.7 Å². The number of benzene rings is 2. The first-order valence-corrected chi connectivity index (χ1v) is 9.81. The summed E-state index contributed by atoms with van der Waals surface area (Å²) in [5.74, 6) is -0.936. The summed E-state index contributed by atoms with van der Waals surface area (Å²) in [6.07, 6.45) is 0.650. The fraction of sp³-hybridized carbons (Fsp3) is 0.316. The highest BCUT2D eigenvalue weighted by atomic mass is 32.2. The van der Waals surface area contributed by atoms with Gasteiger partial charge in [-0.2, -0.15) is 0 Å². The normalized spacial score (nSPS) is 15.0. The number of carboxylic acid groups (broad SMARTS) is 1. The monoisotopic (exact) mass is 374 g/mol. The molecule has 0 aliphatic carbocycles. The third-order valence-corrected chi connectivity index (χ3v) is 6.54. The van der Waals surface area contributed by atoms with Crippen molar-refractivity contribution in [2.75, 3.05) is 20.6 Å². The minimum atomic E-state index is -3.46. The molecule has 0 bridgehead atoms. The minimum Gasteiger partial charge on any atom is -0.478 e. The summed E-state index contributed by atoms with van der Waals surface area (Å²) in [6.45, 7) is 2.00. The first-order valence-electron chi connectivity index (χ1n) is 8.37. The van der Waals surface area contributed by atoms with E-state index in [-0.39, 0.29) is 5.56 Å². The van der Waals surface area contributed by atoms with Crippen LogP contribution in [0.15, 0.2) is 47.4 Å². The molecule has 1 aliphatic rings. The molecule has 0 radical (unpaired) electrons. The largest absolute Gasteiger partial charge is 0.478 e. The van der Waals surface area contributed by atoms with Crippen LogP contribution in [0.25, 0.3) is 0 Å². The molecule has 3 rings (SSSR count). The Labute approximate surface area is 153 Å². The minimum absolute atomic E-state index is 0.277. The Bertz CT molecular complexity index is 938. The van der Waals surface area contributed by atoms with E-state index in [2.05, 4.69) is 4.90 Å². The first kappa shape index (κ1) is 18.6. The van der Waals surface area contributed by atoms with Gasteiger partial charge in [0.2, 0.25) is 10.0 Å². The molecule has 0 spiro atoms. The van der Waals surface area contributed by atoms with Gasteiger partial charge >= 0.3 is 5.97 Å². The number of hydrogen-bond donors (Lipinski definition) is 1. The van der Waals surface area contributed by atoms with Crippen molar-refractivity contribution in [3.05, 3.63) is 64.7 Å². The summed E-state index contributed by atoms with van der Waals surface area (Å²) < 4.78 is 26.3. The zero-order chi connectivity index (χ0) is 18.9. The van der Waals surface area contributed by atoms with Crippen molar-refractivity contribution in [2.24, 2.45) is 0 Å². The van der Waals surface area contributed by atoms with E-state index in [1.165, 1.54) is 4.31 Å². The zero-order valence-electron chi connectivity index (χ0n) is 14.8. The summed E-state index contributed by atoms with van der Waals surface area (Å²) in [7, 11) is -0.378. The number of fused-ring (bicyclic) bond motifs is 1. The Hall–Kier alpha value is -2.22. The van der Waals surface area contributed by atoms with E-state index in [0.29, 0.717) is 24.4 Å². The van der Waals surface area contributed by atoms with Crippen LogP contribution in [-0.4, -0.2) is 49.3 Å². The predicted molar refractivity (Wildman–Crippen MR) is 98.5 cm³/mol. The van der Waals surface area contributed by atoms with Crippen molar-refractivity contribution >= 4 is 16.0 Å². The predicted octanol–water partition coefficient (Wildman–Crippen LogP) is 2.19. The van der Waals surface area contributed by atoms with Crippen molar-refractivity contribution in [3.63, 3.8) is 0 Å². The third-order valence-electron chi connectivity index (χ3n) is 4.64. The van der Waals surface area contributed by atoms with Crippen molar-refractivity contribution < 1.29 is 18.3 Å². The van der Waals surface area contributed by atoms with Gasteiger partial charge in [-0.05, 0) is 41.3 Å². The molecule has 1 aliphatic heterocycles. The molecular formula is C19H22N2O4S. The molecule has 1 heterocycles. The Morgan fingerprint density at radius 3 is 2.62 bits per heavy atom. The average molecular weight is 374 g/mol. The van der Waals surface area contributed by atoms with Gasteiger partial charge in [0.15, 0.2) is 0 Å². The van der Waals surface area contributed by atoms with Crippen LogP contribution >= 0.6 is 0 Å². The summed E-state index contributed by atoms with van der Waals surface area (Å²) in [4.78, 5) is 13.7. The van der Waals surface area contributed by atoms with Crippen molar-refractivity contribution in [1.82, 2.24) is 9.21 Å². The standard InChI is InChI=1S/C19H22N2O4S/c1-20(2)26(24,25)18-8-4-7-16-13-21(10-9-17(16)18)12-14-5-3-6-15(11-14)19(22)23/h3-8,11H,9-10,12-13H2,1-2H3,(H,22,23). The van der Waals surface area contributed by atoms with E-state index in [4.69, 9.17) is 5.11 Å². The molecule has 0 unspecified atom stereocenters. The summed E-state index contributed by atoms with van der Waals surface area (Å²) in [6, 6.07) is 12.3. The van der Waals surface area contributed by atoms with Crippen LogP contribution in [0.3, 0.4) is 0 Å². The van der Waals surface area contributed by atoms with E-state index in [9.17, 15) is 13.2 Å². The Kier molecular flexibility index (Phi) is 5.13. The maximum absolute atomic E-state index is 12.5. The lowest BCUT2D eigenvalue weighted by Crippen LogP contribution is -2.32. The lowest BCUT2D eigenvalue weighted by atomic mass is 9.99. The van der Waals surface area contributed by atoms with Crippen LogP contribution in [-0.2, 0) is 29.5 Å². The molecule has 0 aromatic heterocycles. The van der Waals surface area contributed by atoms with E-state index < -0.39 is 16.0 Å². The lowest BCUT2D eigenvalue weighted by Gasteiger charge is -2.30. The number of nitrogens with zero attached hydrogens (tertiary/aromatic N) is 2. The van der Waals surface area contributed by atoms with Crippen molar-refractivity contribution in [2.45, 2.75) is 24.4 Å². The van der Waals surface area contributed by atoms with Gasteiger partial charge in [0.1, 0.15) is 0 Å². The quantitative estimate of drug-likeness (QED) is 0.868. The third kappa shape index (κ3) is 3.65. The molecule has 26 heavy (non-hydrogen) atoms. The molecule has 1 N–H and O–H groups in total. The van der Waals surface area contributed by atoms with E-state index in [1.54, 1.807) is 44.4 Å². The van der Waals surface area contributed by atoms with Gasteiger partial charge in [-0.3, -0.25) is 4.90 Å². The van der Waals surface area contributed by atoms with Crippen LogP contribution in [0.4, 0.5) is 0 Å². The number of carbonyl (C=O) groups is 1. The first-order chi connectivity index (χ1) is 12.3. The maximum atomic E-state index is 12.5. The second-order valence-corrected chi connectivity index (χ2v) is 8.77. The number of sulfonamides is 1. The summed E-state index contributed by atoms with van der Waals surface area (Å²) >= 11 is 0. The van der Waals surface area contributed by atoms with Gasteiger partial charge < -0.3 is 5.11 Å². The summed E-state index contributed by atoms with van der Waals surface area (Å²) in [5.41, 5.74) is 3.11. The molecule has 2 aromatic rings. The maximum Gasteiger partial charge on any atom is 0.335 e. The number of rotatable bonds is 5. The number of carboxylic acids is 1. The van der Waals surface area contributed by atoms with E-state index in [0.717, 1.165) is 23.2 Å². The zero-order valence-corrected chi connectivity index (χ0v) is 15.7. The Balaban J connectivity index is 1.83. The van der Waals surface area contributed by atoms with E-state index in [1.807, 2.05) is 12.1 Å². The van der Waals surface area contributed by atoms with Crippen LogP contribution in [0.2, 0.25) is 0 Å². The van der Waals surface area contributed by atoms with Crippen molar-refractivity contribution in [1.29, 1.82) is 0 Å². The molecule has 0 saturated heterocycles. The highest BCUT2D eigenvalue weighted by molar-refractivity contribution is 7.89. The molecular weight excluding hydrogens is 352 g/mol. The molecule has 138 valence electrons. The molecule has 7 heteroatoms. The van der Waals surface area contributed by atoms with Gasteiger partial charge in [-0.1, -0.05) is 24.3 Å². The highest BCUT2D eigenvalue weighted by Crippen LogP contribution is 2.28. The van der Waals surface area contributed by atoms with Gasteiger partial charge in [-0.15, -0.1) is 0 Å². The molecule has 0 saturated carbocycles. The topological polar surface area (TPSA) is 77.9 Å². The average Bonchev–Trinajstić information content (AvgIpc) is 2.61. The van der Waals surface area contributed by atoms with Crippen LogP contribution in [0.1, 0.15) is 27.0 Å². The Morgan fingerprint density at radius 1 is 1.19 bits per heavy atom. The van der Waals surface area contributed by atoms with Crippen LogP contribution in [0, 0.1) is 0 Å².